The second-order valence-electron chi connectivity index (χ2n) is 3.17. The number of thiophene rings is 1. The molecule has 1 heterocycles. The number of hydrogen-bond donors (Lipinski definition) is 1. The molecular formula is C11H7Cl3N2S. The highest BCUT2D eigenvalue weighted by Crippen LogP contribution is 2.33. The van der Waals surface area contributed by atoms with Gasteiger partial charge in [0.05, 0.1) is 21.9 Å². The number of hydrogen-bond acceptors (Lipinski definition) is 3. The van der Waals surface area contributed by atoms with Gasteiger partial charge in [-0.1, -0.05) is 34.8 Å². The van der Waals surface area contributed by atoms with Crippen molar-refractivity contribution in [2.45, 2.75) is 0 Å². The molecule has 2 aromatic rings. The molecule has 0 atom stereocenters. The molecule has 1 N–H and O–H groups in total. The normalized spacial score (nSPS) is 11.0. The van der Waals surface area contributed by atoms with Crippen LogP contribution in [0.2, 0.25) is 15.1 Å². The third-order valence-electron chi connectivity index (χ3n) is 1.94. The van der Waals surface area contributed by atoms with E-state index >= 15 is 0 Å². The molecule has 88 valence electrons. The van der Waals surface area contributed by atoms with Gasteiger partial charge in [-0.25, -0.2) is 0 Å². The second kappa shape index (κ2) is 5.74. The lowest BCUT2D eigenvalue weighted by Gasteiger charge is -2.06. The Labute approximate surface area is 118 Å². The Morgan fingerprint density at radius 3 is 2.47 bits per heavy atom. The van der Waals surface area contributed by atoms with E-state index < -0.39 is 0 Å². The molecule has 6 heteroatoms. The van der Waals surface area contributed by atoms with Crippen molar-refractivity contribution in [2.24, 2.45) is 5.10 Å². The Bertz CT molecular complexity index is 515. The number of nitrogens with one attached hydrogen (secondary N) is 1. The quantitative estimate of drug-likeness (QED) is 0.615. The van der Waals surface area contributed by atoms with Crippen LogP contribution in [0.4, 0.5) is 5.69 Å². The number of benzene rings is 1. The minimum absolute atomic E-state index is 0.435. The molecule has 0 saturated carbocycles. The first-order chi connectivity index (χ1) is 8.16. The Morgan fingerprint density at radius 1 is 1.18 bits per heavy atom. The van der Waals surface area contributed by atoms with Crippen LogP contribution in [0.3, 0.4) is 0 Å². The SMILES string of the molecule is Clc1cc(Cl)c(N/N=C/c2ccsc2)c(Cl)c1. The van der Waals surface area contributed by atoms with Crippen LogP contribution in [0.5, 0.6) is 0 Å². The minimum Gasteiger partial charge on any atom is -0.275 e. The van der Waals surface area contributed by atoms with E-state index in [0.29, 0.717) is 20.8 Å². The Morgan fingerprint density at radius 2 is 1.88 bits per heavy atom. The summed E-state index contributed by atoms with van der Waals surface area (Å²) in [7, 11) is 0. The predicted octanol–water partition coefficient (Wildman–Crippen LogP) is 5.15. The van der Waals surface area contributed by atoms with Gasteiger partial charge in [-0.2, -0.15) is 16.4 Å². The number of hydrazone groups is 1. The highest BCUT2D eigenvalue weighted by Gasteiger charge is 2.06. The third kappa shape index (κ3) is 3.36. The maximum absolute atomic E-state index is 5.99. The Hall–Kier alpha value is -0.740. The van der Waals surface area contributed by atoms with E-state index in [1.165, 1.54) is 0 Å². The second-order valence-corrected chi connectivity index (χ2v) is 5.20. The van der Waals surface area contributed by atoms with Crippen molar-refractivity contribution < 1.29 is 0 Å². The first-order valence-electron chi connectivity index (χ1n) is 4.62. The highest BCUT2D eigenvalue weighted by molar-refractivity contribution is 7.08. The standard InChI is InChI=1S/C11H7Cl3N2S/c12-8-3-9(13)11(10(14)4-8)16-15-5-7-1-2-17-6-7/h1-6,16H/b15-5+. The molecule has 2 nitrogen and oxygen atoms in total. The molecule has 1 aromatic carbocycles. The van der Waals surface area contributed by atoms with E-state index in [9.17, 15) is 0 Å². The van der Waals surface area contributed by atoms with Crippen LogP contribution >= 0.6 is 46.1 Å². The monoisotopic (exact) mass is 304 g/mol. The van der Waals surface area contributed by atoms with Crippen molar-refractivity contribution in [2.75, 3.05) is 5.43 Å². The van der Waals surface area contributed by atoms with Crippen LogP contribution in [0, 0.1) is 0 Å². The Kier molecular flexibility index (Phi) is 4.29. The van der Waals surface area contributed by atoms with Crippen LogP contribution in [0.15, 0.2) is 34.1 Å². The van der Waals surface area contributed by atoms with Gasteiger partial charge < -0.3 is 0 Å². The maximum atomic E-state index is 5.99. The zero-order valence-corrected chi connectivity index (χ0v) is 11.5. The number of nitrogens with zero attached hydrogens (tertiary/aromatic N) is 1. The van der Waals surface area contributed by atoms with Gasteiger partial charge in [-0.15, -0.1) is 0 Å². The molecule has 0 aliphatic carbocycles. The molecule has 1 aromatic heterocycles. The summed E-state index contributed by atoms with van der Waals surface area (Å²) in [6.45, 7) is 0. The number of halogens is 3. The fourth-order valence-electron chi connectivity index (χ4n) is 1.17. The maximum Gasteiger partial charge on any atom is 0.0935 e. The van der Waals surface area contributed by atoms with E-state index in [2.05, 4.69) is 10.5 Å². The molecule has 0 radical (unpaired) electrons. The fraction of sp³-hybridized carbons (Fsp3) is 0. The highest BCUT2D eigenvalue weighted by atomic mass is 35.5. The van der Waals surface area contributed by atoms with Gasteiger partial charge in [0.15, 0.2) is 0 Å². The van der Waals surface area contributed by atoms with Crippen LogP contribution < -0.4 is 5.43 Å². The summed E-state index contributed by atoms with van der Waals surface area (Å²) in [5.74, 6) is 0. The predicted molar refractivity (Wildman–Crippen MR) is 77.0 cm³/mol. The first-order valence-corrected chi connectivity index (χ1v) is 6.70. The van der Waals surface area contributed by atoms with E-state index in [0.717, 1.165) is 5.56 Å². The van der Waals surface area contributed by atoms with Gasteiger partial charge in [0.1, 0.15) is 0 Å². The Balaban J connectivity index is 2.14. The number of anilines is 1. The summed E-state index contributed by atoms with van der Waals surface area (Å²) in [5, 5.41) is 9.38. The van der Waals surface area contributed by atoms with Crippen molar-refractivity contribution in [3.8, 4) is 0 Å². The van der Waals surface area contributed by atoms with Crippen molar-refractivity contribution in [3.05, 3.63) is 49.6 Å². The van der Waals surface area contributed by atoms with Crippen LogP contribution in [0.1, 0.15) is 5.56 Å². The van der Waals surface area contributed by atoms with E-state index in [-0.39, 0.29) is 0 Å². The van der Waals surface area contributed by atoms with Crippen LogP contribution in [0.25, 0.3) is 0 Å². The zero-order chi connectivity index (χ0) is 12.3. The van der Waals surface area contributed by atoms with Crippen molar-refractivity contribution in [1.82, 2.24) is 0 Å². The molecule has 0 aliphatic rings. The number of rotatable bonds is 3. The molecular weight excluding hydrogens is 299 g/mol. The van der Waals surface area contributed by atoms with Gasteiger partial charge in [0, 0.05) is 10.6 Å². The summed E-state index contributed by atoms with van der Waals surface area (Å²) in [5.41, 5.74) is 4.36. The lowest BCUT2D eigenvalue weighted by molar-refractivity contribution is 1.35. The van der Waals surface area contributed by atoms with E-state index in [4.69, 9.17) is 34.8 Å². The molecule has 2 rings (SSSR count). The molecule has 0 spiro atoms. The molecule has 0 amide bonds. The molecule has 17 heavy (non-hydrogen) atoms. The van der Waals surface area contributed by atoms with Crippen LogP contribution in [-0.2, 0) is 0 Å². The fourth-order valence-corrected chi connectivity index (χ4v) is 2.68. The largest absolute Gasteiger partial charge is 0.275 e. The molecule has 0 unspecified atom stereocenters. The third-order valence-corrected chi connectivity index (χ3v) is 3.46. The van der Waals surface area contributed by atoms with Gasteiger partial charge in [-0.05, 0) is 29.0 Å². The van der Waals surface area contributed by atoms with E-state index in [1.54, 1.807) is 29.7 Å². The first kappa shape index (κ1) is 12.7. The summed E-state index contributed by atoms with van der Waals surface area (Å²) in [6, 6.07) is 5.18. The van der Waals surface area contributed by atoms with Gasteiger partial charge in [0.2, 0.25) is 0 Å². The summed E-state index contributed by atoms with van der Waals surface area (Å²) in [6.07, 6.45) is 1.69. The molecule has 0 saturated heterocycles. The van der Waals surface area contributed by atoms with E-state index in [1.807, 2.05) is 16.8 Å². The minimum atomic E-state index is 0.435. The van der Waals surface area contributed by atoms with Gasteiger partial charge >= 0.3 is 0 Å². The summed E-state index contributed by atoms with van der Waals surface area (Å²) in [4.78, 5) is 0. The topological polar surface area (TPSA) is 24.4 Å². The lowest BCUT2D eigenvalue weighted by Crippen LogP contribution is -1.92. The molecule has 0 bridgehead atoms. The average Bonchev–Trinajstić information content (AvgIpc) is 2.74. The zero-order valence-electron chi connectivity index (χ0n) is 8.45. The van der Waals surface area contributed by atoms with Crippen molar-refractivity contribution >= 4 is 58.0 Å². The summed E-state index contributed by atoms with van der Waals surface area (Å²) < 4.78 is 0. The lowest BCUT2D eigenvalue weighted by atomic mass is 10.3. The smallest absolute Gasteiger partial charge is 0.0935 e. The van der Waals surface area contributed by atoms with Crippen molar-refractivity contribution in [3.63, 3.8) is 0 Å². The molecule has 0 aliphatic heterocycles. The van der Waals surface area contributed by atoms with Gasteiger partial charge in [-0.3, -0.25) is 5.43 Å². The van der Waals surface area contributed by atoms with Gasteiger partial charge in [0.25, 0.3) is 0 Å². The molecule has 0 fully saturated rings. The summed E-state index contributed by atoms with van der Waals surface area (Å²) >= 11 is 19.4. The average molecular weight is 306 g/mol. The van der Waals surface area contributed by atoms with Crippen LogP contribution in [-0.4, -0.2) is 6.21 Å². The van der Waals surface area contributed by atoms with Crippen molar-refractivity contribution in [1.29, 1.82) is 0 Å².